The van der Waals surface area contributed by atoms with E-state index in [1.54, 1.807) is 6.29 Å². The van der Waals surface area contributed by atoms with Crippen LogP contribution >= 0.6 is 0 Å². The first-order valence-corrected chi connectivity index (χ1v) is 3.97. The monoisotopic (exact) mass is 171 g/mol. The van der Waals surface area contributed by atoms with Crippen LogP contribution in [0, 0.1) is 5.92 Å². The van der Waals surface area contributed by atoms with E-state index in [-0.39, 0.29) is 12.5 Å². The maximum Gasteiger partial charge on any atom is 0.234 e. The van der Waals surface area contributed by atoms with Crippen molar-refractivity contribution in [2.45, 2.75) is 26.3 Å². The molecular formula is C8H15N2O2. The van der Waals surface area contributed by atoms with Gasteiger partial charge in [-0.15, -0.1) is 0 Å². The van der Waals surface area contributed by atoms with Crippen molar-refractivity contribution in [2.75, 3.05) is 6.54 Å². The minimum Gasteiger partial charge on any atom is -0.345 e. The second kappa shape index (κ2) is 5.71. The highest BCUT2D eigenvalue weighted by Crippen LogP contribution is 2.02. The van der Waals surface area contributed by atoms with E-state index in [4.69, 9.17) is 5.73 Å². The molecule has 0 spiro atoms. The quantitative estimate of drug-likeness (QED) is 0.590. The normalized spacial score (nSPS) is 12.7. The highest BCUT2D eigenvalue weighted by molar-refractivity contribution is 5.81. The van der Waals surface area contributed by atoms with Crippen molar-refractivity contribution in [1.82, 2.24) is 5.32 Å². The number of hydrogen-bond acceptors (Lipinski definition) is 3. The van der Waals surface area contributed by atoms with Gasteiger partial charge in [-0.05, 0) is 12.3 Å². The Morgan fingerprint density at radius 3 is 2.50 bits per heavy atom. The molecule has 0 aromatic carbocycles. The third-order valence-electron chi connectivity index (χ3n) is 1.37. The Kier molecular flexibility index (Phi) is 5.28. The van der Waals surface area contributed by atoms with Gasteiger partial charge in [0, 0.05) is 0 Å². The molecule has 0 aliphatic carbocycles. The molecule has 4 nitrogen and oxygen atoms in total. The van der Waals surface area contributed by atoms with E-state index in [0.717, 1.165) is 0 Å². The molecular weight excluding hydrogens is 156 g/mol. The summed E-state index contributed by atoms with van der Waals surface area (Å²) < 4.78 is 0. The summed E-state index contributed by atoms with van der Waals surface area (Å²) in [6.45, 7) is 3.86. The van der Waals surface area contributed by atoms with Crippen LogP contribution in [0.15, 0.2) is 0 Å². The van der Waals surface area contributed by atoms with Crippen molar-refractivity contribution in [1.29, 1.82) is 0 Å². The van der Waals surface area contributed by atoms with Crippen LogP contribution < -0.4 is 11.1 Å². The molecule has 1 atom stereocenters. The van der Waals surface area contributed by atoms with Crippen LogP contribution in [0.4, 0.5) is 0 Å². The zero-order valence-electron chi connectivity index (χ0n) is 7.46. The van der Waals surface area contributed by atoms with E-state index < -0.39 is 6.04 Å². The Balaban J connectivity index is 3.82. The summed E-state index contributed by atoms with van der Waals surface area (Å²) in [5.74, 6) is 0.0403. The summed E-state index contributed by atoms with van der Waals surface area (Å²) in [6, 6.07) is -0.513. The van der Waals surface area contributed by atoms with Crippen molar-refractivity contribution in [2.24, 2.45) is 11.7 Å². The lowest BCUT2D eigenvalue weighted by Crippen LogP contribution is -2.40. The Morgan fingerprint density at radius 2 is 2.17 bits per heavy atom. The molecule has 3 N–H and O–H groups in total. The lowest BCUT2D eigenvalue weighted by Gasteiger charge is -2.12. The van der Waals surface area contributed by atoms with Crippen LogP contribution in [0.25, 0.3) is 0 Å². The number of amides is 1. The van der Waals surface area contributed by atoms with Crippen molar-refractivity contribution in [3.8, 4) is 0 Å². The Bertz CT molecular complexity index is 157. The third-order valence-corrected chi connectivity index (χ3v) is 1.37. The van der Waals surface area contributed by atoms with Gasteiger partial charge in [0.25, 0.3) is 0 Å². The summed E-state index contributed by atoms with van der Waals surface area (Å²) in [5, 5.41) is 2.46. The lowest BCUT2D eigenvalue weighted by molar-refractivity contribution is -0.120. The van der Waals surface area contributed by atoms with Crippen LogP contribution in [0.3, 0.4) is 0 Å². The molecule has 0 fully saturated rings. The Labute approximate surface area is 72.5 Å². The van der Waals surface area contributed by atoms with Gasteiger partial charge in [0.15, 0.2) is 0 Å². The van der Waals surface area contributed by atoms with E-state index in [1.165, 1.54) is 0 Å². The first kappa shape index (κ1) is 11.1. The van der Waals surface area contributed by atoms with E-state index in [2.05, 4.69) is 5.32 Å². The van der Waals surface area contributed by atoms with E-state index in [9.17, 15) is 9.59 Å². The van der Waals surface area contributed by atoms with E-state index in [0.29, 0.717) is 12.3 Å². The summed E-state index contributed by atoms with van der Waals surface area (Å²) in [4.78, 5) is 21.1. The van der Waals surface area contributed by atoms with Crippen molar-refractivity contribution < 1.29 is 9.59 Å². The molecule has 12 heavy (non-hydrogen) atoms. The second-order valence-corrected chi connectivity index (χ2v) is 3.07. The fourth-order valence-electron chi connectivity index (χ4n) is 0.861. The standard InChI is InChI=1S/C8H15N2O2/c1-6(2)3-7(5-11)10-8(12)4-9/h6-7H,3-4,9H2,1-2H3,(H,10,12). The van der Waals surface area contributed by atoms with Crippen molar-refractivity contribution >= 4 is 12.2 Å². The van der Waals surface area contributed by atoms with Crippen LogP contribution in [-0.4, -0.2) is 24.8 Å². The Morgan fingerprint density at radius 1 is 1.58 bits per heavy atom. The number of carbonyl (C=O) groups is 1. The molecule has 1 radical (unpaired) electrons. The van der Waals surface area contributed by atoms with Crippen molar-refractivity contribution in [3.05, 3.63) is 0 Å². The van der Waals surface area contributed by atoms with Gasteiger partial charge in [0.1, 0.15) is 0 Å². The van der Waals surface area contributed by atoms with Gasteiger partial charge in [-0.3, -0.25) is 9.59 Å². The Hall–Kier alpha value is -0.900. The molecule has 0 heterocycles. The van der Waals surface area contributed by atoms with Gasteiger partial charge in [-0.25, -0.2) is 0 Å². The third kappa shape index (κ3) is 4.85. The minimum atomic E-state index is -0.513. The van der Waals surface area contributed by atoms with Gasteiger partial charge in [0.2, 0.25) is 12.2 Å². The fourth-order valence-corrected chi connectivity index (χ4v) is 0.861. The highest BCUT2D eigenvalue weighted by Gasteiger charge is 2.12. The van der Waals surface area contributed by atoms with Crippen LogP contribution in [0.1, 0.15) is 20.3 Å². The van der Waals surface area contributed by atoms with Crippen LogP contribution in [0.2, 0.25) is 0 Å². The maximum absolute atomic E-state index is 10.7. The molecule has 0 saturated heterocycles. The van der Waals surface area contributed by atoms with Gasteiger partial charge in [-0.1, -0.05) is 13.8 Å². The average Bonchev–Trinajstić information content (AvgIpc) is 2.02. The topological polar surface area (TPSA) is 72.2 Å². The number of rotatable bonds is 5. The predicted molar refractivity (Wildman–Crippen MR) is 46.1 cm³/mol. The molecule has 0 bridgehead atoms. The number of carbonyl (C=O) groups excluding carboxylic acids is 2. The number of hydrogen-bond donors (Lipinski definition) is 2. The summed E-state index contributed by atoms with van der Waals surface area (Å²) >= 11 is 0. The lowest BCUT2D eigenvalue weighted by atomic mass is 10.1. The zero-order valence-corrected chi connectivity index (χ0v) is 7.46. The smallest absolute Gasteiger partial charge is 0.234 e. The van der Waals surface area contributed by atoms with Gasteiger partial charge >= 0.3 is 0 Å². The molecule has 0 aromatic heterocycles. The molecule has 0 aliphatic heterocycles. The van der Waals surface area contributed by atoms with Gasteiger partial charge in [0.05, 0.1) is 12.6 Å². The van der Waals surface area contributed by atoms with Crippen LogP contribution in [-0.2, 0) is 9.59 Å². The highest BCUT2D eigenvalue weighted by atomic mass is 16.2. The molecule has 4 heteroatoms. The van der Waals surface area contributed by atoms with E-state index >= 15 is 0 Å². The fraction of sp³-hybridized carbons (Fsp3) is 0.750. The zero-order chi connectivity index (χ0) is 9.56. The largest absolute Gasteiger partial charge is 0.345 e. The molecule has 0 aliphatic rings. The summed E-state index contributed by atoms with van der Waals surface area (Å²) in [7, 11) is 0. The minimum absolute atomic E-state index is 0.0870. The van der Waals surface area contributed by atoms with E-state index in [1.807, 2.05) is 13.8 Å². The number of nitrogens with two attached hydrogens (primary N) is 1. The second-order valence-electron chi connectivity index (χ2n) is 3.07. The predicted octanol–water partition coefficient (Wildman–Crippen LogP) is -0.414. The van der Waals surface area contributed by atoms with Crippen molar-refractivity contribution in [3.63, 3.8) is 0 Å². The molecule has 1 unspecified atom stereocenters. The summed E-state index contributed by atoms with van der Waals surface area (Å²) in [5.41, 5.74) is 5.06. The molecule has 1 amide bonds. The number of nitrogens with one attached hydrogen (secondary N) is 1. The molecule has 0 rings (SSSR count). The SMILES string of the molecule is CC(C)CC([C]=O)NC(=O)CN. The first-order valence-electron chi connectivity index (χ1n) is 3.97. The first-order chi connectivity index (χ1) is 5.60. The molecule has 69 valence electrons. The maximum atomic E-state index is 10.7. The van der Waals surface area contributed by atoms with Crippen LogP contribution in [0.5, 0.6) is 0 Å². The molecule has 0 aromatic rings. The summed E-state index contributed by atoms with van der Waals surface area (Å²) in [6.07, 6.45) is 2.37. The van der Waals surface area contributed by atoms with Gasteiger partial charge < -0.3 is 11.1 Å². The average molecular weight is 171 g/mol. The van der Waals surface area contributed by atoms with Gasteiger partial charge in [-0.2, -0.15) is 0 Å². The molecule has 0 saturated carbocycles.